The first kappa shape index (κ1) is 16.8. The second-order valence-corrected chi connectivity index (χ2v) is 7.20. The summed E-state index contributed by atoms with van der Waals surface area (Å²) in [4.78, 5) is 36.9. The summed E-state index contributed by atoms with van der Waals surface area (Å²) >= 11 is 1.34. The first-order valence-corrected chi connectivity index (χ1v) is 7.84. The van der Waals surface area contributed by atoms with Crippen LogP contribution in [-0.2, 0) is 23.9 Å². The Bertz CT molecular complexity index is 540. The SMILES string of the molecule is CC(=O)OCC1=CSC2C(N)C(=O)N2C1C(=O)OC(C)(C)C. The Kier molecular flexibility index (Phi) is 4.53. The van der Waals surface area contributed by atoms with Crippen molar-refractivity contribution in [1.29, 1.82) is 0 Å². The number of ether oxygens (including phenoxy) is 2. The van der Waals surface area contributed by atoms with Crippen LogP contribution in [0.1, 0.15) is 27.7 Å². The lowest BCUT2D eigenvalue weighted by atomic mass is 9.98. The number of nitrogens with two attached hydrogens (primary N) is 1. The number of thioether (sulfide) groups is 1. The van der Waals surface area contributed by atoms with Crippen molar-refractivity contribution in [1.82, 2.24) is 4.90 Å². The van der Waals surface area contributed by atoms with Crippen molar-refractivity contribution in [3.05, 3.63) is 11.0 Å². The van der Waals surface area contributed by atoms with Gasteiger partial charge in [0.25, 0.3) is 0 Å². The molecule has 0 aromatic rings. The monoisotopic (exact) mass is 328 g/mol. The molecule has 2 rings (SSSR count). The van der Waals surface area contributed by atoms with Gasteiger partial charge in [0.1, 0.15) is 23.6 Å². The summed E-state index contributed by atoms with van der Waals surface area (Å²) in [5.41, 5.74) is 5.59. The molecule has 0 aromatic carbocycles. The highest BCUT2D eigenvalue weighted by Crippen LogP contribution is 2.39. The molecule has 2 aliphatic rings. The van der Waals surface area contributed by atoms with E-state index in [4.69, 9.17) is 15.2 Å². The Labute approximate surface area is 133 Å². The first-order chi connectivity index (χ1) is 10.1. The third-order valence-electron chi connectivity index (χ3n) is 3.18. The molecule has 0 radical (unpaired) electrons. The number of carbonyl (C=O) groups is 3. The smallest absolute Gasteiger partial charge is 0.333 e. The van der Waals surface area contributed by atoms with Gasteiger partial charge in [0, 0.05) is 12.5 Å². The highest BCUT2D eigenvalue weighted by molar-refractivity contribution is 8.02. The summed E-state index contributed by atoms with van der Waals surface area (Å²) in [6.07, 6.45) is 0. The molecule has 1 fully saturated rings. The van der Waals surface area contributed by atoms with E-state index in [0.717, 1.165) is 0 Å². The molecule has 0 spiro atoms. The molecule has 22 heavy (non-hydrogen) atoms. The maximum absolute atomic E-state index is 12.5. The van der Waals surface area contributed by atoms with Crippen molar-refractivity contribution >= 4 is 29.6 Å². The summed E-state index contributed by atoms with van der Waals surface area (Å²) < 4.78 is 10.4. The van der Waals surface area contributed by atoms with Gasteiger partial charge in [-0.2, -0.15) is 0 Å². The Balaban J connectivity index is 2.23. The first-order valence-electron chi connectivity index (χ1n) is 6.90. The quantitative estimate of drug-likeness (QED) is 0.591. The normalized spacial score (nSPS) is 27.5. The summed E-state index contributed by atoms with van der Waals surface area (Å²) in [6.45, 7) is 6.47. The minimum Gasteiger partial charge on any atom is -0.461 e. The molecule has 0 bridgehead atoms. The number of fused-ring (bicyclic) bond motifs is 1. The minimum atomic E-state index is -0.892. The third kappa shape index (κ3) is 3.27. The van der Waals surface area contributed by atoms with Gasteiger partial charge >= 0.3 is 11.9 Å². The predicted octanol–water partition coefficient (Wildman–Crippen LogP) is 0.386. The second-order valence-electron chi connectivity index (χ2n) is 6.21. The van der Waals surface area contributed by atoms with Crippen LogP contribution in [-0.4, -0.2) is 52.4 Å². The molecule has 0 aliphatic carbocycles. The van der Waals surface area contributed by atoms with Crippen molar-refractivity contribution in [3.63, 3.8) is 0 Å². The number of hydrogen-bond donors (Lipinski definition) is 1. The summed E-state index contributed by atoms with van der Waals surface area (Å²) in [7, 11) is 0. The molecular formula is C14H20N2O5S. The van der Waals surface area contributed by atoms with Crippen LogP contribution in [0.4, 0.5) is 0 Å². The van der Waals surface area contributed by atoms with Crippen molar-refractivity contribution in [2.24, 2.45) is 5.73 Å². The fourth-order valence-electron chi connectivity index (χ4n) is 2.26. The Morgan fingerprint density at radius 3 is 2.59 bits per heavy atom. The molecule has 2 aliphatic heterocycles. The molecule has 7 nitrogen and oxygen atoms in total. The molecule has 2 N–H and O–H groups in total. The highest BCUT2D eigenvalue weighted by atomic mass is 32.2. The van der Waals surface area contributed by atoms with Crippen molar-refractivity contribution in [2.75, 3.05) is 6.61 Å². The van der Waals surface area contributed by atoms with E-state index in [2.05, 4.69) is 0 Å². The van der Waals surface area contributed by atoms with Gasteiger partial charge in [-0.15, -0.1) is 11.8 Å². The molecule has 122 valence electrons. The van der Waals surface area contributed by atoms with Crippen LogP contribution in [0, 0.1) is 0 Å². The lowest BCUT2D eigenvalue weighted by Gasteiger charge is -2.50. The van der Waals surface area contributed by atoms with Crippen LogP contribution in [0.5, 0.6) is 0 Å². The zero-order chi connectivity index (χ0) is 16.7. The van der Waals surface area contributed by atoms with Crippen LogP contribution < -0.4 is 5.73 Å². The van der Waals surface area contributed by atoms with Crippen LogP contribution in [0.2, 0.25) is 0 Å². The maximum atomic E-state index is 12.5. The van der Waals surface area contributed by atoms with E-state index >= 15 is 0 Å². The third-order valence-corrected chi connectivity index (χ3v) is 4.42. The van der Waals surface area contributed by atoms with Gasteiger partial charge < -0.3 is 20.1 Å². The lowest BCUT2D eigenvalue weighted by molar-refractivity contribution is -0.169. The molecule has 2 heterocycles. The zero-order valence-corrected chi connectivity index (χ0v) is 13.8. The number of esters is 2. The van der Waals surface area contributed by atoms with Gasteiger partial charge in [-0.05, 0) is 26.2 Å². The number of carbonyl (C=O) groups excluding carboxylic acids is 3. The predicted molar refractivity (Wildman–Crippen MR) is 80.5 cm³/mol. The van der Waals surface area contributed by atoms with Gasteiger partial charge in [0.05, 0.1) is 0 Å². The molecule has 0 saturated carbocycles. The van der Waals surface area contributed by atoms with E-state index in [1.807, 2.05) is 0 Å². The van der Waals surface area contributed by atoms with Crippen LogP contribution in [0.3, 0.4) is 0 Å². The topological polar surface area (TPSA) is 98.9 Å². The zero-order valence-electron chi connectivity index (χ0n) is 13.0. The Morgan fingerprint density at radius 1 is 1.41 bits per heavy atom. The van der Waals surface area contributed by atoms with Gasteiger partial charge in [-0.3, -0.25) is 9.59 Å². The van der Waals surface area contributed by atoms with Gasteiger partial charge in [0.15, 0.2) is 6.04 Å². The molecule has 3 atom stereocenters. The second kappa shape index (κ2) is 5.92. The molecule has 3 unspecified atom stereocenters. The van der Waals surface area contributed by atoms with E-state index in [-0.39, 0.29) is 17.9 Å². The van der Waals surface area contributed by atoms with Crippen molar-refractivity contribution < 1.29 is 23.9 Å². The minimum absolute atomic E-state index is 0.0576. The number of amides is 1. The summed E-state index contributed by atoms with van der Waals surface area (Å²) in [5, 5.41) is 1.44. The van der Waals surface area contributed by atoms with Gasteiger partial charge in [-0.25, -0.2) is 4.79 Å². The molecule has 0 aromatic heterocycles. The van der Waals surface area contributed by atoms with Crippen molar-refractivity contribution in [3.8, 4) is 0 Å². The van der Waals surface area contributed by atoms with Crippen LogP contribution >= 0.6 is 11.8 Å². The fraction of sp³-hybridized carbons (Fsp3) is 0.643. The molecule has 1 amide bonds. The van der Waals surface area contributed by atoms with E-state index in [0.29, 0.717) is 5.57 Å². The molecule has 8 heteroatoms. The average Bonchev–Trinajstić information content (AvgIpc) is 2.41. The number of nitrogens with zero attached hydrogens (tertiary/aromatic N) is 1. The number of hydrogen-bond acceptors (Lipinski definition) is 7. The number of β-lactam (4-membered cyclic amide) rings is 1. The van der Waals surface area contributed by atoms with Gasteiger partial charge in [0.2, 0.25) is 5.91 Å². The van der Waals surface area contributed by atoms with E-state index < -0.39 is 29.6 Å². The van der Waals surface area contributed by atoms with Gasteiger partial charge in [-0.1, -0.05) is 0 Å². The van der Waals surface area contributed by atoms with E-state index in [9.17, 15) is 14.4 Å². The molecular weight excluding hydrogens is 308 g/mol. The molecule has 1 saturated heterocycles. The highest BCUT2D eigenvalue weighted by Gasteiger charge is 2.54. The average molecular weight is 328 g/mol. The largest absolute Gasteiger partial charge is 0.461 e. The van der Waals surface area contributed by atoms with Crippen LogP contribution in [0.15, 0.2) is 11.0 Å². The van der Waals surface area contributed by atoms with Crippen LogP contribution in [0.25, 0.3) is 0 Å². The van der Waals surface area contributed by atoms with E-state index in [1.165, 1.54) is 23.6 Å². The van der Waals surface area contributed by atoms with E-state index in [1.54, 1.807) is 26.2 Å². The van der Waals surface area contributed by atoms with Crippen molar-refractivity contribution in [2.45, 2.75) is 50.8 Å². The standard InChI is InChI=1S/C14H20N2O5S/c1-7(17)20-5-8-6-22-12-9(15)11(18)16(12)10(8)13(19)21-14(2,3)4/h6,9-10,12H,5,15H2,1-4H3. The maximum Gasteiger partial charge on any atom is 0.333 e. The number of rotatable bonds is 3. The lowest BCUT2D eigenvalue weighted by Crippen LogP contribution is -2.72. The summed E-state index contributed by atoms with van der Waals surface area (Å²) in [5.74, 6) is -1.30. The fourth-order valence-corrected chi connectivity index (χ4v) is 3.41. The Morgan fingerprint density at radius 2 is 2.05 bits per heavy atom. The Hall–Kier alpha value is -1.54. The summed E-state index contributed by atoms with van der Waals surface area (Å²) in [6, 6.07) is -1.52.